The second kappa shape index (κ2) is 4.53. The van der Waals surface area contributed by atoms with Gasteiger partial charge in [-0.1, -0.05) is 20.8 Å². The first-order valence-corrected chi connectivity index (χ1v) is 5.97. The average molecular weight is 217 g/mol. The lowest BCUT2D eigenvalue weighted by Gasteiger charge is -2.20. The van der Waals surface area contributed by atoms with E-state index in [0.29, 0.717) is 18.8 Å². The van der Waals surface area contributed by atoms with Crippen molar-refractivity contribution in [2.75, 3.05) is 18.8 Å². The molecule has 1 aliphatic rings. The predicted octanol–water partition coefficient (Wildman–Crippen LogP) is 1.11. The van der Waals surface area contributed by atoms with Gasteiger partial charge in [0.15, 0.2) is 0 Å². The summed E-state index contributed by atoms with van der Waals surface area (Å²) in [7, 11) is 0. The van der Waals surface area contributed by atoms with Gasteiger partial charge in [-0.3, -0.25) is 4.79 Å². The van der Waals surface area contributed by atoms with Crippen LogP contribution in [0.25, 0.3) is 0 Å². The Balaban J connectivity index is 2.29. The topological polar surface area (TPSA) is 40.5 Å². The Morgan fingerprint density at radius 2 is 2.21 bits per heavy atom. The average Bonchev–Trinajstić information content (AvgIpc) is 2.46. The Morgan fingerprint density at radius 1 is 1.57 bits per heavy atom. The van der Waals surface area contributed by atoms with Gasteiger partial charge in [0.05, 0.1) is 11.9 Å². The predicted molar refractivity (Wildman–Crippen MR) is 59.4 cm³/mol. The van der Waals surface area contributed by atoms with Gasteiger partial charge in [-0.05, 0) is 6.42 Å². The zero-order chi connectivity index (χ0) is 10.8. The molecule has 1 N–H and O–H groups in total. The zero-order valence-electron chi connectivity index (χ0n) is 9.12. The summed E-state index contributed by atoms with van der Waals surface area (Å²) in [5.74, 6) is 0.678. The summed E-state index contributed by atoms with van der Waals surface area (Å²) in [6.07, 6.45) is 0.421. The molecule has 1 rings (SSSR count). The van der Waals surface area contributed by atoms with Gasteiger partial charge in [0.2, 0.25) is 5.91 Å². The van der Waals surface area contributed by atoms with Gasteiger partial charge in [-0.25, -0.2) is 0 Å². The molecule has 82 valence electrons. The second-order valence-electron chi connectivity index (χ2n) is 4.68. The number of aliphatic hydroxyl groups is 1. The van der Waals surface area contributed by atoms with Crippen LogP contribution in [0.2, 0.25) is 0 Å². The van der Waals surface area contributed by atoms with Crippen LogP contribution in [0.15, 0.2) is 0 Å². The van der Waals surface area contributed by atoms with Crippen LogP contribution in [-0.4, -0.2) is 45.6 Å². The molecule has 0 spiro atoms. The van der Waals surface area contributed by atoms with E-state index in [2.05, 4.69) is 20.8 Å². The number of carbonyl (C=O) groups is 1. The highest BCUT2D eigenvalue weighted by Crippen LogP contribution is 2.23. The lowest BCUT2D eigenvalue weighted by Crippen LogP contribution is -2.32. The third kappa shape index (κ3) is 3.88. The fraction of sp³-hybridized carbons (Fsp3) is 0.900. The van der Waals surface area contributed by atoms with E-state index in [1.165, 1.54) is 0 Å². The minimum Gasteiger partial charge on any atom is -0.391 e. The Kier molecular flexibility index (Phi) is 3.84. The normalized spacial score (nSPS) is 22.9. The number of rotatable bonds is 2. The molecule has 1 amide bonds. The number of β-amino-alcohol motifs (C(OH)–C–C–N with tert-alkyl or cyclic N) is 1. The van der Waals surface area contributed by atoms with Crippen molar-refractivity contribution >= 4 is 17.7 Å². The Morgan fingerprint density at radius 3 is 2.64 bits per heavy atom. The van der Waals surface area contributed by atoms with E-state index in [0.717, 1.165) is 6.42 Å². The molecule has 1 saturated heterocycles. The molecule has 0 saturated carbocycles. The fourth-order valence-corrected chi connectivity index (χ4v) is 2.08. The molecule has 0 aromatic carbocycles. The number of likely N-dealkylation sites (tertiary alicyclic amines) is 1. The van der Waals surface area contributed by atoms with Crippen LogP contribution in [0.1, 0.15) is 27.2 Å². The van der Waals surface area contributed by atoms with Gasteiger partial charge in [0.1, 0.15) is 0 Å². The van der Waals surface area contributed by atoms with Gasteiger partial charge in [0.25, 0.3) is 0 Å². The second-order valence-corrected chi connectivity index (χ2v) is 6.49. The van der Waals surface area contributed by atoms with Crippen molar-refractivity contribution in [3.8, 4) is 0 Å². The van der Waals surface area contributed by atoms with Crippen LogP contribution in [-0.2, 0) is 4.79 Å². The maximum absolute atomic E-state index is 11.6. The summed E-state index contributed by atoms with van der Waals surface area (Å²) in [6.45, 7) is 7.53. The van der Waals surface area contributed by atoms with E-state index in [1.807, 2.05) is 0 Å². The Labute approximate surface area is 89.9 Å². The van der Waals surface area contributed by atoms with Crippen LogP contribution in [0.3, 0.4) is 0 Å². The van der Waals surface area contributed by atoms with Crippen LogP contribution in [0, 0.1) is 0 Å². The Bertz CT molecular complexity index is 213. The van der Waals surface area contributed by atoms with Crippen molar-refractivity contribution < 1.29 is 9.90 Å². The molecule has 0 radical (unpaired) electrons. The lowest BCUT2D eigenvalue weighted by atomic mass is 10.3. The first-order chi connectivity index (χ1) is 6.38. The van der Waals surface area contributed by atoms with E-state index in [9.17, 15) is 9.90 Å². The van der Waals surface area contributed by atoms with Gasteiger partial charge in [-0.2, -0.15) is 0 Å². The molecule has 1 unspecified atom stereocenters. The summed E-state index contributed by atoms with van der Waals surface area (Å²) < 4.78 is 0.133. The molecule has 0 aromatic heterocycles. The number of hydrogen-bond acceptors (Lipinski definition) is 3. The third-order valence-electron chi connectivity index (χ3n) is 2.14. The fourth-order valence-electron chi connectivity index (χ4n) is 1.34. The highest BCUT2D eigenvalue weighted by Gasteiger charge is 2.25. The molecular weight excluding hydrogens is 198 g/mol. The number of thioether (sulfide) groups is 1. The van der Waals surface area contributed by atoms with Crippen molar-refractivity contribution in [1.82, 2.24) is 4.90 Å². The smallest absolute Gasteiger partial charge is 0.232 e. The maximum Gasteiger partial charge on any atom is 0.232 e. The maximum atomic E-state index is 11.6. The first kappa shape index (κ1) is 11.9. The summed E-state index contributed by atoms with van der Waals surface area (Å²) in [6, 6.07) is 0. The number of hydrogen-bond donors (Lipinski definition) is 1. The standard InChI is InChI=1S/C10H19NO2S/c1-10(2,3)14-7-9(13)11-5-4-8(12)6-11/h8,12H,4-7H2,1-3H3. The minimum atomic E-state index is -0.307. The van der Waals surface area contributed by atoms with Crippen molar-refractivity contribution in [2.24, 2.45) is 0 Å². The quantitative estimate of drug-likeness (QED) is 0.753. The lowest BCUT2D eigenvalue weighted by molar-refractivity contribution is -0.127. The monoisotopic (exact) mass is 217 g/mol. The number of nitrogens with zero attached hydrogens (tertiary/aromatic N) is 1. The number of amides is 1. The molecule has 1 atom stereocenters. The van der Waals surface area contributed by atoms with Gasteiger partial charge in [0, 0.05) is 17.8 Å². The van der Waals surface area contributed by atoms with Crippen LogP contribution >= 0.6 is 11.8 Å². The van der Waals surface area contributed by atoms with E-state index in [-0.39, 0.29) is 16.8 Å². The van der Waals surface area contributed by atoms with E-state index < -0.39 is 0 Å². The van der Waals surface area contributed by atoms with Gasteiger partial charge >= 0.3 is 0 Å². The molecule has 1 heterocycles. The molecular formula is C10H19NO2S. The first-order valence-electron chi connectivity index (χ1n) is 4.98. The van der Waals surface area contributed by atoms with Crippen molar-refractivity contribution in [2.45, 2.75) is 38.0 Å². The largest absolute Gasteiger partial charge is 0.391 e. The third-order valence-corrected chi connectivity index (χ3v) is 3.40. The summed E-state index contributed by atoms with van der Waals surface area (Å²) >= 11 is 1.66. The molecule has 0 aliphatic carbocycles. The number of aliphatic hydroxyl groups excluding tert-OH is 1. The summed E-state index contributed by atoms with van der Waals surface area (Å²) in [5, 5.41) is 9.28. The van der Waals surface area contributed by atoms with Gasteiger partial charge < -0.3 is 10.0 Å². The van der Waals surface area contributed by atoms with E-state index >= 15 is 0 Å². The van der Waals surface area contributed by atoms with Crippen molar-refractivity contribution in [3.63, 3.8) is 0 Å². The van der Waals surface area contributed by atoms with Crippen molar-refractivity contribution in [3.05, 3.63) is 0 Å². The van der Waals surface area contributed by atoms with E-state index in [1.54, 1.807) is 16.7 Å². The van der Waals surface area contributed by atoms with E-state index in [4.69, 9.17) is 0 Å². The minimum absolute atomic E-state index is 0.133. The van der Waals surface area contributed by atoms with Gasteiger partial charge in [-0.15, -0.1) is 11.8 Å². The summed E-state index contributed by atoms with van der Waals surface area (Å²) in [5.41, 5.74) is 0. The zero-order valence-corrected chi connectivity index (χ0v) is 9.93. The Hall–Kier alpha value is -0.220. The van der Waals surface area contributed by atoms with Crippen molar-refractivity contribution in [1.29, 1.82) is 0 Å². The highest BCUT2D eigenvalue weighted by molar-refractivity contribution is 8.01. The highest BCUT2D eigenvalue weighted by atomic mass is 32.2. The molecule has 0 aromatic rings. The molecule has 14 heavy (non-hydrogen) atoms. The van der Waals surface area contributed by atoms with Crippen LogP contribution < -0.4 is 0 Å². The van der Waals surface area contributed by atoms with Crippen LogP contribution in [0.5, 0.6) is 0 Å². The molecule has 1 fully saturated rings. The summed E-state index contributed by atoms with van der Waals surface area (Å²) in [4.78, 5) is 13.4. The molecule has 1 aliphatic heterocycles. The SMILES string of the molecule is CC(C)(C)SCC(=O)N1CCC(O)C1. The number of carbonyl (C=O) groups excluding carboxylic acids is 1. The van der Waals surface area contributed by atoms with Crippen LogP contribution in [0.4, 0.5) is 0 Å². The molecule has 4 heteroatoms. The molecule has 3 nitrogen and oxygen atoms in total. The molecule has 0 bridgehead atoms.